The van der Waals surface area contributed by atoms with Crippen molar-refractivity contribution in [1.82, 2.24) is 25.4 Å². The highest BCUT2D eigenvalue weighted by Crippen LogP contribution is 2.31. The number of carboxylic acids is 1. The van der Waals surface area contributed by atoms with Crippen LogP contribution in [-0.2, 0) is 16.1 Å². The molecule has 1 spiro atoms. The van der Waals surface area contributed by atoms with Crippen molar-refractivity contribution in [2.75, 3.05) is 32.7 Å². The zero-order chi connectivity index (χ0) is 23.9. The van der Waals surface area contributed by atoms with Crippen LogP contribution in [0.5, 0.6) is 0 Å². The molecule has 9 nitrogen and oxygen atoms in total. The Kier molecular flexibility index (Phi) is 8.42. The van der Waals surface area contributed by atoms with Crippen LogP contribution in [0.4, 0.5) is 18.0 Å². The molecule has 3 rings (SSSR count). The van der Waals surface area contributed by atoms with Crippen LogP contribution in [0.25, 0.3) is 0 Å². The van der Waals surface area contributed by atoms with Crippen LogP contribution in [0.15, 0.2) is 24.4 Å². The molecule has 1 unspecified atom stereocenters. The second-order valence-corrected chi connectivity index (χ2v) is 8.31. The van der Waals surface area contributed by atoms with Crippen molar-refractivity contribution in [3.8, 4) is 0 Å². The number of carboxylic acid groups (broad SMARTS) is 1. The number of aliphatic carboxylic acids is 1. The fourth-order valence-corrected chi connectivity index (χ4v) is 3.69. The van der Waals surface area contributed by atoms with Crippen molar-refractivity contribution in [3.63, 3.8) is 0 Å². The molecule has 178 valence electrons. The number of carbonyl (C=O) groups excluding carboxylic acids is 2. The monoisotopic (exact) mass is 459 g/mol. The fourth-order valence-electron chi connectivity index (χ4n) is 3.69. The summed E-state index contributed by atoms with van der Waals surface area (Å²) < 4.78 is 31.7. The molecule has 0 aliphatic carbocycles. The fraction of sp³-hybridized carbons (Fsp3) is 0.600. The molecule has 3 heterocycles. The van der Waals surface area contributed by atoms with E-state index in [1.165, 1.54) is 0 Å². The number of rotatable bonds is 3. The highest BCUT2D eigenvalue weighted by atomic mass is 19.4. The van der Waals surface area contributed by atoms with E-state index in [1.54, 1.807) is 6.20 Å². The lowest BCUT2D eigenvalue weighted by molar-refractivity contribution is -0.192. The van der Waals surface area contributed by atoms with Crippen LogP contribution >= 0.6 is 0 Å². The molecular weight excluding hydrogens is 431 g/mol. The van der Waals surface area contributed by atoms with E-state index in [-0.39, 0.29) is 23.4 Å². The van der Waals surface area contributed by atoms with Gasteiger partial charge in [0.25, 0.3) is 0 Å². The molecule has 3 amide bonds. The second-order valence-electron chi connectivity index (χ2n) is 8.31. The molecule has 0 radical (unpaired) electrons. The predicted octanol–water partition coefficient (Wildman–Crippen LogP) is 1.46. The first-order chi connectivity index (χ1) is 14.9. The number of aromatic nitrogens is 1. The average molecular weight is 459 g/mol. The zero-order valence-electron chi connectivity index (χ0n) is 18.0. The van der Waals surface area contributed by atoms with Gasteiger partial charge in [0.15, 0.2) is 0 Å². The summed E-state index contributed by atoms with van der Waals surface area (Å²) in [5, 5.41) is 13.1. The first-order valence-corrected chi connectivity index (χ1v) is 10.1. The number of nitrogens with zero attached hydrogens (tertiary/aromatic N) is 3. The van der Waals surface area contributed by atoms with Gasteiger partial charge in [-0.25, -0.2) is 9.59 Å². The van der Waals surface area contributed by atoms with Crippen molar-refractivity contribution < 1.29 is 32.7 Å². The van der Waals surface area contributed by atoms with Gasteiger partial charge in [0, 0.05) is 63.3 Å². The van der Waals surface area contributed by atoms with Gasteiger partial charge in [-0.3, -0.25) is 14.7 Å². The number of halogens is 3. The SMILES string of the molecule is CC(C)NC(=O)N1CCN(Cc2ccccn2)CC2(CNC(=O)C2)C1.O=C(O)C(F)(F)F. The van der Waals surface area contributed by atoms with Gasteiger partial charge < -0.3 is 20.6 Å². The molecule has 1 aromatic heterocycles. The maximum atomic E-state index is 12.5. The molecule has 2 aliphatic heterocycles. The third-order valence-electron chi connectivity index (χ3n) is 5.02. The van der Waals surface area contributed by atoms with E-state index in [4.69, 9.17) is 9.90 Å². The van der Waals surface area contributed by atoms with E-state index in [9.17, 15) is 22.8 Å². The summed E-state index contributed by atoms with van der Waals surface area (Å²) in [5.41, 5.74) is 0.784. The Bertz CT molecular complexity index is 806. The molecule has 1 aromatic rings. The number of pyridine rings is 1. The third-order valence-corrected chi connectivity index (χ3v) is 5.02. The van der Waals surface area contributed by atoms with E-state index in [0.717, 1.165) is 25.3 Å². The number of carbonyl (C=O) groups is 3. The quantitative estimate of drug-likeness (QED) is 0.631. The Morgan fingerprint density at radius 1 is 1.28 bits per heavy atom. The smallest absolute Gasteiger partial charge is 0.475 e. The molecule has 0 aromatic carbocycles. The van der Waals surface area contributed by atoms with Crippen molar-refractivity contribution in [2.45, 2.75) is 39.0 Å². The lowest BCUT2D eigenvalue weighted by Gasteiger charge is -2.33. The molecule has 1 atom stereocenters. The van der Waals surface area contributed by atoms with Crippen molar-refractivity contribution in [3.05, 3.63) is 30.1 Å². The molecule has 32 heavy (non-hydrogen) atoms. The summed E-state index contributed by atoms with van der Waals surface area (Å²) in [6.07, 6.45) is -2.82. The Hall–Kier alpha value is -2.89. The highest BCUT2D eigenvalue weighted by Gasteiger charge is 2.44. The van der Waals surface area contributed by atoms with Gasteiger partial charge in [0.2, 0.25) is 5.91 Å². The molecule has 12 heteroatoms. The first-order valence-electron chi connectivity index (χ1n) is 10.1. The molecule has 2 aliphatic rings. The summed E-state index contributed by atoms with van der Waals surface area (Å²) in [7, 11) is 0. The number of amides is 3. The average Bonchev–Trinajstić information content (AvgIpc) is 2.94. The number of hydrogen-bond acceptors (Lipinski definition) is 5. The van der Waals surface area contributed by atoms with E-state index < -0.39 is 12.1 Å². The largest absolute Gasteiger partial charge is 0.490 e. The topological polar surface area (TPSA) is 115 Å². The Morgan fingerprint density at radius 3 is 2.47 bits per heavy atom. The normalized spacial score (nSPS) is 21.6. The van der Waals surface area contributed by atoms with Gasteiger partial charge in [-0.1, -0.05) is 6.07 Å². The minimum atomic E-state index is -5.08. The van der Waals surface area contributed by atoms with E-state index in [1.807, 2.05) is 36.9 Å². The maximum absolute atomic E-state index is 12.5. The van der Waals surface area contributed by atoms with Gasteiger partial charge in [0.05, 0.1) is 5.69 Å². The lowest BCUT2D eigenvalue weighted by atomic mass is 9.86. The van der Waals surface area contributed by atoms with Gasteiger partial charge >= 0.3 is 18.2 Å². The van der Waals surface area contributed by atoms with E-state index in [0.29, 0.717) is 26.1 Å². The second kappa shape index (κ2) is 10.6. The van der Waals surface area contributed by atoms with Gasteiger partial charge in [-0.2, -0.15) is 13.2 Å². The Labute approximate surface area is 184 Å². The summed E-state index contributed by atoms with van der Waals surface area (Å²) in [6.45, 7) is 8.08. The summed E-state index contributed by atoms with van der Waals surface area (Å²) >= 11 is 0. The van der Waals surface area contributed by atoms with E-state index >= 15 is 0 Å². The van der Waals surface area contributed by atoms with Crippen LogP contribution in [0.1, 0.15) is 26.0 Å². The Balaban J connectivity index is 0.000000451. The van der Waals surface area contributed by atoms with Crippen LogP contribution in [0.2, 0.25) is 0 Å². The van der Waals surface area contributed by atoms with Gasteiger partial charge in [0.1, 0.15) is 0 Å². The first kappa shape index (κ1) is 25.4. The molecule has 2 saturated heterocycles. The zero-order valence-corrected chi connectivity index (χ0v) is 18.0. The van der Waals surface area contributed by atoms with Crippen molar-refractivity contribution in [1.29, 1.82) is 0 Å². The lowest BCUT2D eigenvalue weighted by Crippen LogP contribution is -2.48. The molecular formula is C20H28F3N5O4. The van der Waals surface area contributed by atoms with Crippen LogP contribution < -0.4 is 10.6 Å². The maximum Gasteiger partial charge on any atom is 0.490 e. The molecule has 0 bridgehead atoms. The van der Waals surface area contributed by atoms with Crippen LogP contribution in [0.3, 0.4) is 0 Å². The predicted molar refractivity (Wildman–Crippen MR) is 109 cm³/mol. The number of urea groups is 1. The van der Waals surface area contributed by atoms with Crippen molar-refractivity contribution in [2.24, 2.45) is 5.41 Å². The third kappa shape index (κ3) is 7.66. The standard InChI is InChI=1S/C18H27N5O2.C2HF3O2/c1-14(2)21-17(25)23-8-7-22(10-15-5-3-4-6-19-15)12-18(13-23)9-16(24)20-11-18;3-2(4,5)1(6)7/h3-6,14H,7-13H2,1-2H3,(H,20,24)(H,21,25);(H,6,7). The summed E-state index contributed by atoms with van der Waals surface area (Å²) in [5.74, 6) is -2.68. The van der Waals surface area contributed by atoms with Gasteiger partial charge in [-0.05, 0) is 26.0 Å². The van der Waals surface area contributed by atoms with Crippen LogP contribution in [0, 0.1) is 5.41 Å². The molecule has 2 fully saturated rings. The number of hydrogen-bond donors (Lipinski definition) is 3. The summed E-state index contributed by atoms with van der Waals surface area (Å²) in [6, 6.07) is 5.95. The minimum absolute atomic E-state index is 0.0478. The van der Waals surface area contributed by atoms with E-state index in [2.05, 4.69) is 20.5 Å². The molecule has 3 N–H and O–H groups in total. The Morgan fingerprint density at radius 2 is 1.97 bits per heavy atom. The number of alkyl halides is 3. The van der Waals surface area contributed by atoms with Crippen LogP contribution in [-0.4, -0.2) is 82.7 Å². The van der Waals surface area contributed by atoms with Gasteiger partial charge in [-0.15, -0.1) is 0 Å². The molecule has 0 saturated carbocycles. The van der Waals surface area contributed by atoms with Crippen molar-refractivity contribution >= 4 is 17.9 Å². The summed E-state index contributed by atoms with van der Waals surface area (Å²) in [4.78, 5) is 41.9. The minimum Gasteiger partial charge on any atom is -0.475 e. The number of nitrogens with one attached hydrogen (secondary N) is 2. The highest BCUT2D eigenvalue weighted by molar-refractivity contribution is 5.80.